The molecule has 0 saturated heterocycles. The normalized spacial score (nSPS) is 11.5. The van der Waals surface area contributed by atoms with E-state index in [1.165, 1.54) is 21.5 Å². The first-order valence-electron chi connectivity index (χ1n) is 26.8. The van der Waals surface area contributed by atoms with Crippen LogP contribution in [0.15, 0.2) is 279 Å². The van der Waals surface area contributed by atoms with E-state index in [2.05, 4.69) is 167 Å². The highest BCUT2D eigenvalue weighted by atomic mass is 15.0. The molecule has 8 heteroatoms. The molecule has 0 saturated carbocycles. The molecule has 0 N–H and O–H groups in total. The molecule has 0 amide bonds. The highest BCUT2D eigenvalue weighted by Gasteiger charge is 2.26. The maximum absolute atomic E-state index is 5.39. The zero-order valence-corrected chi connectivity index (χ0v) is 43.1. The van der Waals surface area contributed by atoms with Gasteiger partial charge in [0.1, 0.15) is 0 Å². The highest BCUT2D eigenvalue weighted by Crippen LogP contribution is 2.46. The average Bonchev–Trinajstić information content (AvgIpc) is 4.09. The van der Waals surface area contributed by atoms with Gasteiger partial charge in [-0.15, -0.1) is 0 Å². The van der Waals surface area contributed by atoms with Crippen LogP contribution in [0.1, 0.15) is 0 Å². The first-order chi connectivity index (χ1) is 39.7. The molecule has 80 heavy (non-hydrogen) atoms. The van der Waals surface area contributed by atoms with Crippen molar-refractivity contribution in [3.8, 4) is 102 Å². The maximum Gasteiger partial charge on any atom is 0.164 e. The van der Waals surface area contributed by atoms with Crippen LogP contribution in [0.3, 0.4) is 0 Å². The van der Waals surface area contributed by atoms with Crippen molar-refractivity contribution in [1.82, 2.24) is 39.0 Å². The van der Waals surface area contributed by atoms with Gasteiger partial charge in [-0.1, -0.05) is 218 Å². The SMILES string of the molecule is c1ccc(-c2nc(-c3ccccc3)nc(-c3ccc(-c4nc(-c5ccccc5)nc(-c5ccccc5)n4)c(-c4ccc(-n5c6ccccc6c6ccccc65)cc4)c3-c3ccc(-n4c5ccccc5c5ccccc54)cc3)n2)cc1. The summed E-state index contributed by atoms with van der Waals surface area (Å²) in [5.74, 6) is 3.34. The van der Waals surface area contributed by atoms with Gasteiger partial charge in [-0.05, 0) is 71.8 Å². The van der Waals surface area contributed by atoms with Crippen LogP contribution >= 0.6 is 0 Å². The first kappa shape index (κ1) is 46.4. The third kappa shape index (κ3) is 8.10. The Labute approximate surface area is 461 Å². The molecule has 0 atom stereocenters. The fraction of sp³-hybridized carbons (Fsp3) is 0. The molecule has 8 nitrogen and oxygen atoms in total. The van der Waals surface area contributed by atoms with E-state index in [0.717, 1.165) is 89.1 Å². The third-order valence-electron chi connectivity index (χ3n) is 15.1. The van der Waals surface area contributed by atoms with Crippen molar-refractivity contribution in [1.29, 1.82) is 0 Å². The Morgan fingerprint density at radius 1 is 0.188 bits per heavy atom. The van der Waals surface area contributed by atoms with Crippen molar-refractivity contribution in [2.24, 2.45) is 0 Å². The van der Waals surface area contributed by atoms with Crippen molar-refractivity contribution in [2.45, 2.75) is 0 Å². The van der Waals surface area contributed by atoms with Crippen molar-refractivity contribution >= 4 is 43.6 Å². The van der Waals surface area contributed by atoms with Gasteiger partial charge in [-0.25, -0.2) is 29.9 Å². The molecule has 4 aromatic heterocycles. The molecule has 374 valence electrons. The minimum absolute atomic E-state index is 0.527. The van der Waals surface area contributed by atoms with E-state index in [1.54, 1.807) is 0 Å². The van der Waals surface area contributed by atoms with Crippen LogP contribution in [0.25, 0.3) is 146 Å². The molecular formula is C72H46N8. The number of nitrogens with zero attached hydrogens (tertiary/aromatic N) is 8. The predicted octanol–water partition coefficient (Wildman–Crippen LogP) is 17.6. The lowest BCUT2D eigenvalue weighted by molar-refractivity contribution is 1.07. The summed E-state index contributed by atoms with van der Waals surface area (Å²) in [7, 11) is 0. The van der Waals surface area contributed by atoms with E-state index in [4.69, 9.17) is 29.9 Å². The third-order valence-corrected chi connectivity index (χ3v) is 15.1. The molecule has 11 aromatic carbocycles. The quantitative estimate of drug-likeness (QED) is 0.136. The first-order valence-corrected chi connectivity index (χ1v) is 26.8. The summed E-state index contributed by atoms with van der Waals surface area (Å²) in [6, 6.07) is 97.1. The molecule has 4 heterocycles. The maximum atomic E-state index is 5.39. The van der Waals surface area contributed by atoms with Gasteiger partial charge in [0.2, 0.25) is 0 Å². The lowest BCUT2D eigenvalue weighted by Crippen LogP contribution is -2.04. The molecule has 0 unspecified atom stereocenters. The lowest BCUT2D eigenvalue weighted by Gasteiger charge is -2.21. The van der Waals surface area contributed by atoms with Crippen molar-refractivity contribution in [2.75, 3.05) is 0 Å². The minimum atomic E-state index is 0.527. The van der Waals surface area contributed by atoms with Gasteiger partial charge >= 0.3 is 0 Å². The molecule has 0 aliphatic rings. The van der Waals surface area contributed by atoms with E-state index >= 15 is 0 Å². The summed E-state index contributed by atoms with van der Waals surface area (Å²) in [5, 5.41) is 4.81. The molecule has 0 aliphatic heterocycles. The summed E-state index contributed by atoms with van der Waals surface area (Å²) < 4.78 is 4.71. The monoisotopic (exact) mass is 1020 g/mol. The number of fused-ring (bicyclic) bond motifs is 6. The highest BCUT2D eigenvalue weighted by molar-refractivity contribution is 6.10. The lowest BCUT2D eigenvalue weighted by atomic mass is 9.86. The fourth-order valence-corrected chi connectivity index (χ4v) is 11.4. The number of hydrogen-bond acceptors (Lipinski definition) is 6. The molecule has 15 aromatic rings. The smallest absolute Gasteiger partial charge is 0.164 e. The topological polar surface area (TPSA) is 87.2 Å². The van der Waals surface area contributed by atoms with Gasteiger partial charge in [-0.2, -0.15) is 0 Å². The molecule has 0 bridgehead atoms. The van der Waals surface area contributed by atoms with E-state index in [0.29, 0.717) is 34.9 Å². The Morgan fingerprint density at radius 3 is 0.700 bits per heavy atom. The Morgan fingerprint density at radius 2 is 0.425 bits per heavy atom. The van der Waals surface area contributed by atoms with Gasteiger partial charge in [0, 0.05) is 77.4 Å². The van der Waals surface area contributed by atoms with E-state index in [9.17, 15) is 0 Å². The summed E-state index contributed by atoms with van der Waals surface area (Å²) in [5.41, 5.74) is 15.5. The zero-order chi connectivity index (χ0) is 52.9. The molecule has 15 rings (SSSR count). The summed E-state index contributed by atoms with van der Waals surface area (Å²) >= 11 is 0. The Bertz CT molecular complexity index is 4260. The second-order valence-corrected chi connectivity index (χ2v) is 19.8. The van der Waals surface area contributed by atoms with Gasteiger partial charge < -0.3 is 9.13 Å². The number of benzene rings is 11. The van der Waals surface area contributed by atoms with Gasteiger partial charge in [-0.3, -0.25) is 0 Å². The molecule has 0 fully saturated rings. The van der Waals surface area contributed by atoms with Crippen molar-refractivity contribution in [3.05, 3.63) is 279 Å². The molecular weight excluding hydrogens is 977 g/mol. The Balaban J connectivity index is 1.03. The number of rotatable bonds is 10. The molecule has 0 aliphatic carbocycles. The summed E-state index contributed by atoms with van der Waals surface area (Å²) in [6.07, 6.45) is 0. The largest absolute Gasteiger partial charge is 0.309 e. The Kier molecular flexibility index (Phi) is 11.3. The molecule has 0 radical (unpaired) electrons. The average molecular weight is 1020 g/mol. The van der Waals surface area contributed by atoms with Crippen molar-refractivity contribution < 1.29 is 0 Å². The Hall–Kier alpha value is -11.0. The standard InChI is InChI=1S/C72H46N8/c1-5-21-49(22-6-1)67-73-68(50-23-7-2-8-24-50)76-71(75-67)59-45-46-60(72-77-69(51-25-9-3-10-26-51)74-70(78-72)52-27-11-4-12-28-52)66(48-39-43-54(44-40-48)80-63-35-19-15-31-57(63)58-32-16-20-36-64(58)80)65(59)47-37-41-53(42-38-47)79-61-33-17-13-29-55(61)56-30-14-18-34-62(56)79/h1-46H. The van der Waals surface area contributed by atoms with E-state index in [1.807, 2.05) is 121 Å². The second-order valence-electron chi connectivity index (χ2n) is 19.8. The van der Waals surface area contributed by atoms with Gasteiger partial charge in [0.25, 0.3) is 0 Å². The van der Waals surface area contributed by atoms with Crippen LogP contribution in [-0.4, -0.2) is 39.0 Å². The minimum Gasteiger partial charge on any atom is -0.309 e. The van der Waals surface area contributed by atoms with Gasteiger partial charge in [0.05, 0.1) is 22.1 Å². The molecule has 0 spiro atoms. The van der Waals surface area contributed by atoms with Crippen LogP contribution in [0.4, 0.5) is 0 Å². The second kappa shape index (κ2) is 19.6. The predicted molar refractivity (Wildman–Crippen MR) is 325 cm³/mol. The van der Waals surface area contributed by atoms with Crippen LogP contribution in [0.5, 0.6) is 0 Å². The van der Waals surface area contributed by atoms with Crippen LogP contribution in [0.2, 0.25) is 0 Å². The van der Waals surface area contributed by atoms with Crippen LogP contribution < -0.4 is 0 Å². The van der Waals surface area contributed by atoms with Gasteiger partial charge in [0.15, 0.2) is 34.9 Å². The number of aromatic nitrogens is 8. The fourth-order valence-electron chi connectivity index (χ4n) is 11.4. The van der Waals surface area contributed by atoms with E-state index in [-0.39, 0.29) is 0 Å². The zero-order valence-electron chi connectivity index (χ0n) is 43.1. The number of hydrogen-bond donors (Lipinski definition) is 0. The van der Waals surface area contributed by atoms with Crippen molar-refractivity contribution in [3.63, 3.8) is 0 Å². The summed E-state index contributed by atoms with van der Waals surface area (Å²) in [6.45, 7) is 0. The summed E-state index contributed by atoms with van der Waals surface area (Å²) in [4.78, 5) is 31.8. The van der Waals surface area contributed by atoms with Crippen LogP contribution in [-0.2, 0) is 0 Å². The number of para-hydroxylation sites is 4. The van der Waals surface area contributed by atoms with Crippen LogP contribution in [0, 0.1) is 0 Å². The van der Waals surface area contributed by atoms with E-state index < -0.39 is 0 Å².